The van der Waals surface area contributed by atoms with Crippen molar-refractivity contribution in [2.45, 2.75) is 11.7 Å². The number of aliphatic carboxylic acids is 1. The molecule has 0 amide bonds. The minimum absolute atomic E-state index is 0.122. The number of carbonyl (C=O) groups is 1. The largest absolute Gasteiger partial charge is 0.481 e. The van der Waals surface area contributed by atoms with Gasteiger partial charge in [0.15, 0.2) is 11.0 Å². The number of fused-ring (bicyclic) bond motifs is 1. The minimum atomic E-state index is -0.937. The molecule has 1 N–H and O–H groups in total. The zero-order valence-electron chi connectivity index (χ0n) is 10.7. The molecular weight excluding hydrogens is 313 g/mol. The Kier molecular flexibility index (Phi) is 3.89. The Morgan fingerprint density at radius 1 is 1.48 bits per heavy atom. The van der Waals surface area contributed by atoms with Crippen molar-refractivity contribution < 1.29 is 14.3 Å². The summed E-state index contributed by atoms with van der Waals surface area (Å²) < 4.78 is 15.6. The number of aromatic nitrogens is 3. The van der Waals surface area contributed by atoms with E-state index in [1.54, 1.807) is 22.9 Å². The predicted octanol–water partition coefficient (Wildman–Crippen LogP) is 2.86. The van der Waals surface area contributed by atoms with Crippen LogP contribution in [0.1, 0.15) is 5.01 Å². The van der Waals surface area contributed by atoms with E-state index in [1.807, 2.05) is 5.38 Å². The number of imidazole rings is 1. The fraction of sp³-hybridized carbons (Fsp3) is 0.154. The minimum Gasteiger partial charge on any atom is -0.481 e. The van der Waals surface area contributed by atoms with E-state index in [1.165, 1.54) is 17.4 Å². The van der Waals surface area contributed by atoms with Crippen LogP contribution in [0.5, 0.6) is 0 Å². The highest BCUT2D eigenvalue weighted by atomic mass is 32.2. The maximum Gasteiger partial charge on any atom is 0.313 e. The molecule has 0 bridgehead atoms. The summed E-state index contributed by atoms with van der Waals surface area (Å²) in [5, 5.41) is 12.0. The molecule has 0 aliphatic rings. The molecule has 0 saturated heterocycles. The standard InChI is InChI=1S/C13H10FN3O2S2/c14-8-2-1-3-9-12(8)16-13(21-7-11(18)19)17(9)6-10-15-4-5-20-10/h1-5H,6-7H2,(H,18,19). The Balaban J connectivity index is 2.06. The van der Waals surface area contributed by atoms with Crippen LogP contribution in [0, 0.1) is 5.82 Å². The van der Waals surface area contributed by atoms with Crippen LogP contribution in [0.25, 0.3) is 11.0 Å². The third kappa shape index (κ3) is 2.91. The summed E-state index contributed by atoms with van der Waals surface area (Å²) in [5.41, 5.74) is 0.889. The molecule has 0 atom stereocenters. The highest BCUT2D eigenvalue weighted by molar-refractivity contribution is 7.99. The molecule has 0 saturated carbocycles. The first-order chi connectivity index (χ1) is 10.1. The second-order valence-electron chi connectivity index (χ2n) is 4.20. The van der Waals surface area contributed by atoms with Gasteiger partial charge in [0.1, 0.15) is 10.5 Å². The molecule has 108 valence electrons. The lowest BCUT2D eigenvalue weighted by Gasteiger charge is -2.05. The van der Waals surface area contributed by atoms with Crippen LogP contribution in [-0.4, -0.2) is 31.4 Å². The van der Waals surface area contributed by atoms with Gasteiger partial charge in [-0.15, -0.1) is 11.3 Å². The van der Waals surface area contributed by atoms with Crippen molar-refractivity contribution in [1.82, 2.24) is 14.5 Å². The first-order valence-corrected chi connectivity index (χ1v) is 7.89. The van der Waals surface area contributed by atoms with E-state index in [-0.39, 0.29) is 11.3 Å². The molecule has 2 aromatic heterocycles. The molecule has 3 rings (SSSR count). The summed E-state index contributed by atoms with van der Waals surface area (Å²) in [7, 11) is 0. The number of halogens is 1. The van der Waals surface area contributed by atoms with E-state index in [2.05, 4.69) is 9.97 Å². The number of hydrogen-bond donors (Lipinski definition) is 1. The molecule has 21 heavy (non-hydrogen) atoms. The van der Waals surface area contributed by atoms with Crippen LogP contribution >= 0.6 is 23.1 Å². The van der Waals surface area contributed by atoms with E-state index in [0.29, 0.717) is 17.2 Å². The van der Waals surface area contributed by atoms with E-state index in [0.717, 1.165) is 16.8 Å². The molecule has 0 fully saturated rings. The van der Waals surface area contributed by atoms with Gasteiger partial charge in [-0.3, -0.25) is 4.79 Å². The van der Waals surface area contributed by atoms with Gasteiger partial charge < -0.3 is 9.67 Å². The average Bonchev–Trinajstić information content (AvgIpc) is 3.07. The number of carboxylic acid groups (broad SMARTS) is 1. The first-order valence-electron chi connectivity index (χ1n) is 6.03. The molecule has 0 radical (unpaired) electrons. The number of carboxylic acids is 1. The zero-order chi connectivity index (χ0) is 14.8. The quantitative estimate of drug-likeness (QED) is 0.731. The predicted molar refractivity (Wildman–Crippen MR) is 79.3 cm³/mol. The van der Waals surface area contributed by atoms with Crippen molar-refractivity contribution in [3.8, 4) is 0 Å². The Hall–Kier alpha value is -1.93. The Morgan fingerprint density at radius 2 is 2.33 bits per heavy atom. The fourth-order valence-electron chi connectivity index (χ4n) is 1.95. The molecule has 8 heteroatoms. The maximum absolute atomic E-state index is 13.8. The molecule has 0 aliphatic heterocycles. The van der Waals surface area contributed by atoms with E-state index < -0.39 is 11.8 Å². The van der Waals surface area contributed by atoms with Crippen molar-refractivity contribution in [2.24, 2.45) is 0 Å². The third-order valence-corrected chi connectivity index (χ3v) is 4.52. The number of hydrogen-bond acceptors (Lipinski definition) is 5. The summed E-state index contributed by atoms with van der Waals surface area (Å²) in [6.45, 7) is 0.444. The number of thioether (sulfide) groups is 1. The SMILES string of the molecule is O=C(O)CSc1nc2c(F)cccc2n1Cc1nccs1. The van der Waals surface area contributed by atoms with Gasteiger partial charge >= 0.3 is 5.97 Å². The maximum atomic E-state index is 13.8. The second-order valence-corrected chi connectivity index (χ2v) is 6.12. The highest BCUT2D eigenvalue weighted by Crippen LogP contribution is 2.27. The topological polar surface area (TPSA) is 68.0 Å². The zero-order valence-corrected chi connectivity index (χ0v) is 12.3. The molecule has 1 aromatic carbocycles. The molecular formula is C13H10FN3O2S2. The van der Waals surface area contributed by atoms with Gasteiger partial charge in [-0.2, -0.15) is 0 Å². The van der Waals surface area contributed by atoms with Crippen molar-refractivity contribution in [3.05, 3.63) is 40.6 Å². The second kappa shape index (κ2) is 5.82. The van der Waals surface area contributed by atoms with Gasteiger partial charge in [0, 0.05) is 11.6 Å². The van der Waals surface area contributed by atoms with Crippen LogP contribution in [0.3, 0.4) is 0 Å². The van der Waals surface area contributed by atoms with E-state index in [4.69, 9.17) is 5.11 Å². The van der Waals surface area contributed by atoms with Crippen LogP contribution in [-0.2, 0) is 11.3 Å². The normalized spacial score (nSPS) is 11.1. The number of benzene rings is 1. The van der Waals surface area contributed by atoms with Gasteiger partial charge in [-0.05, 0) is 12.1 Å². The van der Waals surface area contributed by atoms with Gasteiger partial charge in [-0.25, -0.2) is 14.4 Å². The van der Waals surface area contributed by atoms with Crippen LogP contribution in [0.4, 0.5) is 4.39 Å². The first kappa shape index (κ1) is 14.0. The summed E-state index contributed by atoms with van der Waals surface area (Å²) >= 11 is 2.56. The van der Waals surface area contributed by atoms with Crippen LogP contribution in [0.2, 0.25) is 0 Å². The summed E-state index contributed by atoms with van der Waals surface area (Å²) in [6.07, 6.45) is 1.70. The Morgan fingerprint density at radius 3 is 3.05 bits per heavy atom. The number of para-hydroxylation sites is 1. The number of rotatable bonds is 5. The Labute approximate surface area is 127 Å². The van der Waals surface area contributed by atoms with Crippen molar-refractivity contribution in [1.29, 1.82) is 0 Å². The number of thiazole rings is 1. The molecule has 3 aromatic rings. The lowest BCUT2D eigenvalue weighted by molar-refractivity contribution is -0.133. The third-order valence-electron chi connectivity index (χ3n) is 2.80. The Bertz CT molecular complexity index is 786. The van der Waals surface area contributed by atoms with Crippen molar-refractivity contribution in [2.75, 3.05) is 5.75 Å². The van der Waals surface area contributed by atoms with E-state index >= 15 is 0 Å². The van der Waals surface area contributed by atoms with Gasteiger partial charge in [0.05, 0.1) is 17.8 Å². The van der Waals surface area contributed by atoms with Crippen LogP contribution in [0.15, 0.2) is 34.9 Å². The highest BCUT2D eigenvalue weighted by Gasteiger charge is 2.16. The van der Waals surface area contributed by atoms with Crippen molar-refractivity contribution >= 4 is 40.1 Å². The monoisotopic (exact) mass is 323 g/mol. The average molecular weight is 323 g/mol. The summed E-state index contributed by atoms with van der Waals surface area (Å²) in [6, 6.07) is 4.72. The van der Waals surface area contributed by atoms with Crippen molar-refractivity contribution in [3.63, 3.8) is 0 Å². The molecule has 0 aliphatic carbocycles. The lowest BCUT2D eigenvalue weighted by atomic mass is 10.3. The number of nitrogens with zero attached hydrogens (tertiary/aromatic N) is 3. The van der Waals surface area contributed by atoms with Gasteiger partial charge in [0.25, 0.3) is 0 Å². The molecule has 2 heterocycles. The van der Waals surface area contributed by atoms with Crippen LogP contribution < -0.4 is 0 Å². The molecule has 0 spiro atoms. The summed E-state index contributed by atoms with van der Waals surface area (Å²) in [4.78, 5) is 19.2. The van der Waals surface area contributed by atoms with E-state index in [9.17, 15) is 9.18 Å². The van der Waals surface area contributed by atoms with Gasteiger partial charge in [0.2, 0.25) is 0 Å². The molecule has 0 unspecified atom stereocenters. The molecule has 5 nitrogen and oxygen atoms in total. The van der Waals surface area contributed by atoms with Gasteiger partial charge in [-0.1, -0.05) is 17.8 Å². The lowest BCUT2D eigenvalue weighted by Crippen LogP contribution is -2.04. The fourth-order valence-corrected chi connectivity index (χ4v) is 3.28. The smallest absolute Gasteiger partial charge is 0.313 e. The summed E-state index contributed by atoms with van der Waals surface area (Å²) in [5.74, 6) is -1.47.